The van der Waals surface area contributed by atoms with Crippen LogP contribution >= 0.6 is 0 Å². The van der Waals surface area contributed by atoms with Crippen molar-refractivity contribution < 1.29 is 4.79 Å². The number of aryl methyl sites for hydroxylation is 1. The van der Waals surface area contributed by atoms with Crippen molar-refractivity contribution in [3.05, 3.63) is 53.3 Å². The maximum Gasteiger partial charge on any atom is 0.167 e. The van der Waals surface area contributed by atoms with Crippen LogP contribution in [0.4, 0.5) is 0 Å². The molecule has 0 amide bonds. The maximum atomic E-state index is 12.4. The fraction of sp³-hybridized carbons (Fsp3) is 0.375. The molecule has 106 valence electrons. The number of benzene rings is 1. The molecule has 20 heavy (non-hydrogen) atoms. The highest BCUT2D eigenvalue weighted by atomic mass is 16.1. The molecule has 1 heterocycles. The van der Waals surface area contributed by atoms with Crippen LogP contribution in [0.3, 0.4) is 0 Å². The lowest BCUT2D eigenvalue weighted by Gasteiger charge is -2.07. The van der Waals surface area contributed by atoms with Gasteiger partial charge in [0, 0.05) is 24.7 Å². The molecule has 4 nitrogen and oxygen atoms in total. The molecule has 0 fully saturated rings. The van der Waals surface area contributed by atoms with Crippen molar-refractivity contribution >= 4 is 5.78 Å². The fourth-order valence-electron chi connectivity index (χ4n) is 2.22. The van der Waals surface area contributed by atoms with Gasteiger partial charge < -0.3 is 5.32 Å². The van der Waals surface area contributed by atoms with Crippen molar-refractivity contribution in [2.75, 3.05) is 13.6 Å². The Bertz CT molecular complexity index is 575. The van der Waals surface area contributed by atoms with Crippen molar-refractivity contribution in [3.63, 3.8) is 0 Å². The molecule has 1 N–H and O–H groups in total. The van der Waals surface area contributed by atoms with E-state index in [-0.39, 0.29) is 5.78 Å². The van der Waals surface area contributed by atoms with Gasteiger partial charge in [-0.05, 0) is 38.1 Å². The Labute approximate surface area is 119 Å². The average molecular weight is 271 g/mol. The van der Waals surface area contributed by atoms with E-state index in [9.17, 15) is 4.79 Å². The van der Waals surface area contributed by atoms with E-state index >= 15 is 0 Å². The number of likely N-dealkylation sites (N-methyl/N-ethyl adjacent to an activating group) is 1. The van der Waals surface area contributed by atoms with Crippen molar-refractivity contribution in [1.82, 2.24) is 15.1 Å². The summed E-state index contributed by atoms with van der Waals surface area (Å²) in [7, 11) is 1.92. The standard InChI is InChI=1S/C16H21N3O/c1-3-19-12-13(11-18-19)10-16(20)15-7-5-4-6-14(15)8-9-17-2/h4-7,11-12,17H,3,8-10H2,1-2H3. The molecule has 0 saturated carbocycles. The van der Waals surface area contributed by atoms with Crippen LogP contribution in [0, 0.1) is 0 Å². The van der Waals surface area contributed by atoms with E-state index in [1.807, 2.05) is 49.1 Å². The third-order valence-corrected chi connectivity index (χ3v) is 3.34. The van der Waals surface area contributed by atoms with Crippen LogP contribution in [0.15, 0.2) is 36.7 Å². The Morgan fingerprint density at radius 3 is 2.85 bits per heavy atom. The predicted octanol–water partition coefficient (Wildman–Crippen LogP) is 2.09. The van der Waals surface area contributed by atoms with Gasteiger partial charge in [0.1, 0.15) is 0 Å². The molecule has 0 aliphatic rings. The van der Waals surface area contributed by atoms with E-state index in [0.717, 1.165) is 36.2 Å². The zero-order valence-corrected chi connectivity index (χ0v) is 12.1. The number of rotatable bonds is 7. The zero-order valence-electron chi connectivity index (χ0n) is 12.1. The molecule has 2 aromatic rings. The van der Waals surface area contributed by atoms with Gasteiger partial charge in [-0.1, -0.05) is 24.3 Å². The van der Waals surface area contributed by atoms with E-state index in [4.69, 9.17) is 0 Å². The van der Waals surface area contributed by atoms with Gasteiger partial charge in [-0.2, -0.15) is 5.10 Å². The topological polar surface area (TPSA) is 46.9 Å². The summed E-state index contributed by atoms with van der Waals surface area (Å²) in [6.07, 6.45) is 4.99. The van der Waals surface area contributed by atoms with Crippen LogP contribution in [0.1, 0.15) is 28.4 Å². The Morgan fingerprint density at radius 1 is 1.35 bits per heavy atom. The number of aromatic nitrogens is 2. The van der Waals surface area contributed by atoms with E-state index in [1.165, 1.54) is 0 Å². The normalized spacial score (nSPS) is 10.7. The minimum absolute atomic E-state index is 0.160. The molecule has 1 aromatic carbocycles. The van der Waals surface area contributed by atoms with Gasteiger partial charge in [-0.3, -0.25) is 9.48 Å². The molecule has 0 radical (unpaired) electrons. The van der Waals surface area contributed by atoms with Gasteiger partial charge in [0.2, 0.25) is 0 Å². The Kier molecular flexibility index (Phi) is 5.07. The molecule has 4 heteroatoms. The smallest absolute Gasteiger partial charge is 0.167 e. The summed E-state index contributed by atoms with van der Waals surface area (Å²) in [5.74, 6) is 0.160. The lowest BCUT2D eigenvalue weighted by atomic mass is 9.98. The van der Waals surface area contributed by atoms with Gasteiger partial charge in [-0.15, -0.1) is 0 Å². The molecule has 2 rings (SSSR count). The molecule has 0 spiro atoms. The van der Waals surface area contributed by atoms with E-state index < -0.39 is 0 Å². The highest BCUT2D eigenvalue weighted by Gasteiger charge is 2.12. The molecule has 0 atom stereocenters. The number of carbonyl (C=O) groups excluding carboxylic acids is 1. The van der Waals surface area contributed by atoms with Gasteiger partial charge in [0.05, 0.1) is 6.20 Å². The molecule has 0 aliphatic heterocycles. The van der Waals surface area contributed by atoms with E-state index in [2.05, 4.69) is 10.4 Å². The summed E-state index contributed by atoms with van der Waals surface area (Å²) in [5.41, 5.74) is 2.90. The number of nitrogens with one attached hydrogen (secondary N) is 1. The van der Waals surface area contributed by atoms with Gasteiger partial charge >= 0.3 is 0 Å². The van der Waals surface area contributed by atoms with Gasteiger partial charge in [-0.25, -0.2) is 0 Å². The second kappa shape index (κ2) is 7.01. The lowest BCUT2D eigenvalue weighted by Crippen LogP contribution is -2.13. The summed E-state index contributed by atoms with van der Waals surface area (Å²) >= 11 is 0. The third-order valence-electron chi connectivity index (χ3n) is 3.34. The van der Waals surface area contributed by atoms with Gasteiger partial charge in [0.15, 0.2) is 5.78 Å². The second-order valence-corrected chi connectivity index (χ2v) is 4.81. The molecule has 0 bridgehead atoms. The molecule has 1 aromatic heterocycles. The summed E-state index contributed by atoms with van der Waals surface area (Å²) in [6.45, 7) is 3.73. The summed E-state index contributed by atoms with van der Waals surface area (Å²) in [5, 5.41) is 7.33. The van der Waals surface area contributed by atoms with Gasteiger partial charge in [0.25, 0.3) is 0 Å². The molecular formula is C16H21N3O. The van der Waals surface area contributed by atoms with Crippen LogP contribution in [0.5, 0.6) is 0 Å². The number of nitrogens with zero attached hydrogens (tertiary/aromatic N) is 2. The van der Waals surface area contributed by atoms with E-state index in [1.54, 1.807) is 6.20 Å². The van der Waals surface area contributed by atoms with Crippen LogP contribution in [-0.2, 0) is 19.4 Å². The highest BCUT2D eigenvalue weighted by molar-refractivity contribution is 5.98. The minimum atomic E-state index is 0.160. The van der Waals surface area contributed by atoms with Crippen molar-refractivity contribution in [3.8, 4) is 0 Å². The van der Waals surface area contributed by atoms with Crippen molar-refractivity contribution in [2.45, 2.75) is 26.3 Å². The first-order valence-corrected chi connectivity index (χ1v) is 7.01. The zero-order chi connectivity index (χ0) is 14.4. The molecule has 0 saturated heterocycles. The van der Waals surface area contributed by atoms with Crippen LogP contribution in [-0.4, -0.2) is 29.2 Å². The van der Waals surface area contributed by atoms with Crippen molar-refractivity contribution in [2.24, 2.45) is 0 Å². The maximum absolute atomic E-state index is 12.4. The summed E-state index contributed by atoms with van der Waals surface area (Å²) in [4.78, 5) is 12.4. The number of hydrogen-bond acceptors (Lipinski definition) is 3. The summed E-state index contributed by atoms with van der Waals surface area (Å²) < 4.78 is 1.84. The summed E-state index contributed by atoms with van der Waals surface area (Å²) in [6, 6.07) is 7.85. The fourth-order valence-corrected chi connectivity index (χ4v) is 2.22. The first kappa shape index (κ1) is 14.5. The first-order chi connectivity index (χ1) is 9.74. The average Bonchev–Trinajstić information content (AvgIpc) is 2.93. The Morgan fingerprint density at radius 2 is 2.15 bits per heavy atom. The Balaban J connectivity index is 2.12. The first-order valence-electron chi connectivity index (χ1n) is 7.01. The molecular weight excluding hydrogens is 250 g/mol. The molecule has 0 aliphatic carbocycles. The highest BCUT2D eigenvalue weighted by Crippen LogP contribution is 2.13. The minimum Gasteiger partial charge on any atom is -0.319 e. The quantitative estimate of drug-likeness (QED) is 0.784. The van der Waals surface area contributed by atoms with Crippen LogP contribution in [0.2, 0.25) is 0 Å². The number of Topliss-reactive ketones (excluding diaryl/α,β-unsaturated/α-hetero) is 1. The second-order valence-electron chi connectivity index (χ2n) is 4.81. The largest absolute Gasteiger partial charge is 0.319 e. The van der Waals surface area contributed by atoms with Crippen molar-refractivity contribution in [1.29, 1.82) is 0 Å². The van der Waals surface area contributed by atoms with E-state index in [0.29, 0.717) is 6.42 Å². The third kappa shape index (κ3) is 3.54. The Hall–Kier alpha value is -1.94. The monoisotopic (exact) mass is 271 g/mol. The lowest BCUT2D eigenvalue weighted by molar-refractivity contribution is 0.0992. The number of carbonyl (C=O) groups is 1. The molecule has 0 unspecified atom stereocenters. The predicted molar refractivity (Wildman–Crippen MR) is 80.0 cm³/mol. The van der Waals surface area contributed by atoms with Crippen LogP contribution < -0.4 is 5.32 Å². The van der Waals surface area contributed by atoms with Crippen LogP contribution in [0.25, 0.3) is 0 Å². The number of ketones is 1. The number of hydrogen-bond donors (Lipinski definition) is 1. The SMILES string of the molecule is CCn1cc(CC(=O)c2ccccc2CCNC)cn1.